The molecule has 2 aliphatic rings. The third kappa shape index (κ3) is 1.89. The molecular formula is C12H16ClN3. The molecule has 4 heteroatoms. The number of aromatic nitrogens is 1. The Labute approximate surface area is 101 Å². The zero-order chi connectivity index (χ0) is 11.0. The third-order valence-electron chi connectivity index (χ3n) is 3.62. The highest BCUT2D eigenvalue weighted by atomic mass is 35.5. The molecule has 86 valence electrons. The monoisotopic (exact) mass is 237 g/mol. The number of hydrogen-bond donors (Lipinski definition) is 0. The van der Waals surface area contributed by atoms with E-state index in [4.69, 9.17) is 11.6 Å². The van der Waals surface area contributed by atoms with Crippen LogP contribution in [0.2, 0.25) is 5.02 Å². The van der Waals surface area contributed by atoms with Crippen LogP contribution < -0.4 is 4.90 Å². The average Bonchev–Trinajstić information content (AvgIpc) is 2.77. The largest absolute Gasteiger partial charge is 0.354 e. The molecular weight excluding hydrogens is 222 g/mol. The molecule has 0 saturated carbocycles. The van der Waals surface area contributed by atoms with Crippen LogP contribution in [0.15, 0.2) is 18.3 Å². The van der Waals surface area contributed by atoms with Crippen LogP contribution in [0.25, 0.3) is 0 Å². The van der Waals surface area contributed by atoms with Crippen molar-refractivity contribution in [1.82, 2.24) is 9.88 Å². The van der Waals surface area contributed by atoms with Crippen molar-refractivity contribution < 1.29 is 0 Å². The van der Waals surface area contributed by atoms with Crippen LogP contribution in [0.5, 0.6) is 0 Å². The van der Waals surface area contributed by atoms with Crippen molar-refractivity contribution in [3.63, 3.8) is 0 Å². The number of nitrogens with zero attached hydrogens (tertiary/aromatic N) is 3. The standard InChI is InChI=1S/C12H16ClN3/c13-10-3-4-12(14-8-10)16-7-6-15-5-1-2-11(15)9-16/h3-4,8,11H,1-2,5-7,9H2. The summed E-state index contributed by atoms with van der Waals surface area (Å²) in [5.74, 6) is 1.07. The summed E-state index contributed by atoms with van der Waals surface area (Å²) < 4.78 is 0. The normalized spacial score (nSPS) is 25.8. The Morgan fingerprint density at radius 1 is 1.25 bits per heavy atom. The maximum absolute atomic E-state index is 5.85. The molecule has 3 nitrogen and oxygen atoms in total. The maximum Gasteiger partial charge on any atom is 0.128 e. The summed E-state index contributed by atoms with van der Waals surface area (Å²) in [6.45, 7) is 4.67. The van der Waals surface area contributed by atoms with Crippen molar-refractivity contribution in [2.45, 2.75) is 18.9 Å². The van der Waals surface area contributed by atoms with Gasteiger partial charge in [0.25, 0.3) is 0 Å². The lowest BCUT2D eigenvalue weighted by molar-refractivity contribution is 0.230. The summed E-state index contributed by atoms with van der Waals surface area (Å²) >= 11 is 5.85. The number of halogens is 1. The fourth-order valence-corrected chi connectivity index (χ4v) is 2.87. The third-order valence-corrected chi connectivity index (χ3v) is 3.85. The van der Waals surface area contributed by atoms with Gasteiger partial charge in [-0.1, -0.05) is 11.6 Å². The van der Waals surface area contributed by atoms with Crippen LogP contribution >= 0.6 is 11.6 Å². The number of rotatable bonds is 1. The minimum absolute atomic E-state index is 0.711. The summed E-state index contributed by atoms with van der Waals surface area (Å²) in [5.41, 5.74) is 0. The molecule has 0 aromatic carbocycles. The van der Waals surface area contributed by atoms with Gasteiger partial charge in [0.15, 0.2) is 0 Å². The molecule has 3 rings (SSSR count). The van der Waals surface area contributed by atoms with Gasteiger partial charge in [0.2, 0.25) is 0 Å². The summed E-state index contributed by atoms with van der Waals surface area (Å²) in [5, 5.41) is 0.711. The van der Waals surface area contributed by atoms with E-state index in [1.54, 1.807) is 6.20 Å². The lowest BCUT2D eigenvalue weighted by Gasteiger charge is -2.38. The molecule has 16 heavy (non-hydrogen) atoms. The summed E-state index contributed by atoms with van der Waals surface area (Å²) in [6.07, 6.45) is 4.43. The Bertz CT molecular complexity index is 365. The fourth-order valence-electron chi connectivity index (χ4n) is 2.75. The molecule has 1 aromatic rings. The van der Waals surface area contributed by atoms with Gasteiger partial charge in [-0.25, -0.2) is 4.98 Å². The van der Waals surface area contributed by atoms with E-state index in [1.807, 2.05) is 12.1 Å². The van der Waals surface area contributed by atoms with Crippen molar-refractivity contribution in [3.05, 3.63) is 23.4 Å². The van der Waals surface area contributed by atoms with Crippen LogP contribution in [0.3, 0.4) is 0 Å². The van der Waals surface area contributed by atoms with Gasteiger partial charge in [0.05, 0.1) is 5.02 Å². The van der Waals surface area contributed by atoms with E-state index in [0.717, 1.165) is 24.9 Å². The van der Waals surface area contributed by atoms with Crippen molar-refractivity contribution in [2.24, 2.45) is 0 Å². The van der Waals surface area contributed by atoms with E-state index < -0.39 is 0 Å². The van der Waals surface area contributed by atoms with Gasteiger partial charge in [0, 0.05) is 31.9 Å². The zero-order valence-corrected chi connectivity index (χ0v) is 10.0. The number of pyridine rings is 1. The molecule has 0 N–H and O–H groups in total. The first kappa shape index (κ1) is 10.4. The van der Waals surface area contributed by atoms with E-state index in [9.17, 15) is 0 Å². The Kier molecular flexibility index (Phi) is 2.74. The predicted octanol–water partition coefficient (Wildman–Crippen LogP) is 2.02. The number of hydrogen-bond acceptors (Lipinski definition) is 3. The van der Waals surface area contributed by atoms with Crippen LogP contribution in [0.4, 0.5) is 5.82 Å². The Balaban J connectivity index is 1.74. The van der Waals surface area contributed by atoms with Crippen LogP contribution in [-0.2, 0) is 0 Å². The quantitative estimate of drug-likeness (QED) is 0.745. The predicted molar refractivity (Wildman–Crippen MR) is 66.1 cm³/mol. The molecule has 3 heterocycles. The van der Waals surface area contributed by atoms with Gasteiger partial charge < -0.3 is 4.90 Å². The first-order valence-corrected chi connectivity index (χ1v) is 6.31. The second kappa shape index (κ2) is 4.22. The van der Waals surface area contributed by atoms with Crippen molar-refractivity contribution in [1.29, 1.82) is 0 Å². The summed E-state index contributed by atoms with van der Waals surface area (Å²) in [7, 11) is 0. The highest BCUT2D eigenvalue weighted by Crippen LogP contribution is 2.24. The molecule has 0 spiro atoms. The molecule has 2 saturated heterocycles. The highest BCUT2D eigenvalue weighted by Gasteiger charge is 2.30. The molecule has 0 aliphatic carbocycles. The lowest BCUT2D eigenvalue weighted by atomic mass is 10.1. The first-order valence-electron chi connectivity index (χ1n) is 5.93. The number of fused-ring (bicyclic) bond motifs is 1. The molecule has 0 radical (unpaired) electrons. The molecule has 0 bridgehead atoms. The van der Waals surface area contributed by atoms with Crippen molar-refractivity contribution in [2.75, 3.05) is 31.1 Å². The maximum atomic E-state index is 5.85. The van der Waals surface area contributed by atoms with Gasteiger partial charge in [0.1, 0.15) is 5.82 Å². The highest BCUT2D eigenvalue weighted by molar-refractivity contribution is 6.30. The second-order valence-electron chi connectivity index (χ2n) is 4.61. The Morgan fingerprint density at radius 3 is 3.00 bits per heavy atom. The minimum Gasteiger partial charge on any atom is -0.354 e. The topological polar surface area (TPSA) is 19.4 Å². The van der Waals surface area contributed by atoms with E-state index in [2.05, 4.69) is 14.8 Å². The van der Waals surface area contributed by atoms with Gasteiger partial charge in [-0.2, -0.15) is 0 Å². The first-order chi connectivity index (χ1) is 7.83. The van der Waals surface area contributed by atoms with Crippen LogP contribution in [-0.4, -0.2) is 42.1 Å². The Hall–Kier alpha value is -0.800. The molecule has 1 aromatic heterocycles. The molecule has 1 unspecified atom stereocenters. The molecule has 2 aliphatic heterocycles. The Morgan fingerprint density at radius 2 is 2.19 bits per heavy atom. The minimum atomic E-state index is 0.711. The number of piperazine rings is 1. The fraction of sp³-hybridized carbons (Fsp3) is 0.583. The van der Waals surface area contributed by atoms with Gasteiger partial charge in [-0.15, -0.1) is 0 Å². The molecule has 0 amide bonds. The van der Waals surface area contributed by atoms with Crippen LogP contribution in [0, 0.1) is 0 Å². The molecule has 1 atom stereocenters. The van der Waals surface area contributed by atoms with E-state index in [0.29, 0.717) is 5.02 Å². The number of anilines is 1. The summed E-state index contributed by atoms with van der Waals surface area (Å²) in [6, 6.07) is 4.68. The van der Waals surface area contributed by atoms with Crippen molar-refractivity contribution in [3.8, 4) is 0 Å². The van der Waals surface area contributed by atoms with Gasteiger partial charge in [-0.3, -0.25) is 4.90 Å². The SMILES string of the molecule is Clc1ccc(N2CCN3CCCC3C2)nc1. The lowest BCUT2D eigenvalue weighted by Crippen LogP contribution is -2.50. The van der Waals surface area contributed by atoms with Gasteiger partial charge >= 0.3 is 0 Å². The smallest absolute Gasteiger partial charge is 0.128 e. The molecule has 2 fully saturated rings. The van der Waals surface area contributed by atoms with Gasteiger partial charge in [-0.05, 0) is 31.5 Å². The van der Waals surface area contributed by atoms with Crippen molar-refractivity contribution >= 4 is 17.4 Å². The average molecular weight is 238 g/mol. The summed E-state index contributed by atoms with van der Waals surface area (Å²) in [4.78, 5) is 9.37. The van der Waals surface area contributed by atoms with E-state index >= 15 is 0 Å². The van der Waals surface area contributed by atoms with Crippen LogP contribution in [0.1, 0.15) is 12.8 Å². The second-order valence-corrected chi connectivity index (χ2v) is 5.05. The zero-order valence-electron chi connectivity index (χ0n) is 9.27. The van der Waals surface area contributed by atoms with E-state index in [-0.39, 0.29) is 0 Å². The van der Waals surface area contributed by atoms with E-state index in [1.165, 1.54) is 25.9 Å².